The third kappa shape index (κ3) is 17.8. The molecule has 0 atom stereocenters. The summed E-state index contributed by atoms with van der Waals surface area (Å²) in [5.74, 6) is 0. The van der Waals surface area contributed by atoms with Crippen LogP contribution in [-0.4, -0.2) is 77.3 Å². The summed E-state index contributed by atoms with van der Waals surface area (Å²) in [4.78, 5) is 0. The van der Waals surface area contributed by atoms with Crippen molar-refractivity contribution < 1.29 is 71.5 Å². The first-order valence-electron chi connectivity index (χ1n) is 0. The van der Waals surface area contributed by atoms with Gasteiger partial charge in [0.2, 0.25) is 0 Å². The van der Waals surface area contributed by atoms with Crippen molar-refractivity contribution in [2.24, 2.45) is 0 Å². The van der Waals surface area contributed by atoms with E-state index in [2.05, 4.69) is 0 Å². The summed E-state index contributed by atoms with van der Waals surface area (Å²) in [6, 6.07) is 0. The van der Waals surface area contributed by atoms with E-state index in [-0.39, 0.29) is 149 Å². The minimum atomic E-state index is 0. The molecule has 0 aliphatic heterocycles. The van der Waals surface area contributed by atoms with Crippen molar-refractivity contribution in [3.05, 3.63) is 0 Å². The summed E-state index contributed by atoms with van der Waals surface area (Å²) >= 11 is 0. The molecule has 0 unspecified atom stereocenters. The average molecular weight is 230 g/mol. The van der Waals surface area contributed by atoms with Gasteiger partial charge in [0.05, 0.1) is 0 Å². The van der Waals surface area contributed by atoms with E-state index in [1.54, 1.807) is 0 Å². The van der Waals surface area contributed by atoms with Crippen LogP contribution in [-0.2, 0) is 0 Å². The van der Waals surface area contributed by atoms with Gasteiger partial charge < -0.3 is 12.4 Å². The molecule has 0 aromatic heterocycles. The fourth-order valence-electron chi connectivity index (χ4n) is 0. The zero-order chi connectivity index (χ0) is 0. The Bertz CT molecular complexity index is 9.61. The van der Waals surface area contributed by atoms with E-state index in [1.807, 2.05) is 0 Å². The van der Waals surface area contributed by atoms with E-state index < -0.39 is 0 Å². The fraction of sp³-hybridized carbons (Fsp3) is 0. The van der Waals surface area contributed by atoms with Gasteiger partial charge in [-0.3, -0.25) is 0 Å². The van der Waals surface area contributed by atoms with Crippen LogP contribution in [0, 0.1) is 0 Å². The predicted molar refractivity (Wildman–Crippen MR) is 18.5 cm³/mol. The molecule has 0 saturated heterocycles. The van der Waals surface area contributed by atoms with Crippen LogP contribution in [0.2, 0.25) is 0 Å². The van der Waals surface area contributed by atoms with E-state index in [4.69, 9.17) is 0 Å². The van der Waals surface area contributed by atoms with Crippen molar-refractivity contribution in [1.29, 1.82) is 0 Å². The first kappa shape index (κ1) is 34.2. The molecule has 18 valence electrons. The van der Waals surface area contributed by atoms with Gasteiger partial charge in [-0.1, -0.05) is 8.41 Å². The van der Waals surface area contributed by atoms with Crippen molar-refractivity contribution in [1.82, 2.24) is 0 Å². The Kier molecular flexibility index (Phi) is 163. The molecule has 0 aromatic rings. The van der Waals surface area contributed by atoms with Crippen LogP contribution in [0.25, 0.3) is 0 Å². The van der Waals surface area contributed by atoms with Gasteiger partial charge in [0.15, 0.2) is 0 Å². The minimum Gasteiger partial charge on any atom is 1.00 e. The third-order valence-corrected chi connectivity index (χ3v) is 0. The normalized spacial score (nSPS) is 0. The van der Waals surface area contributed by atoms with E-state index in [0.29, 0.717) is 0 Å². The zero-order valence-electron chi connectivity index (χ0n) is 2.38. The van der Waals surface area contributed by atoms with Crippen molar-refractivity contribution >= 4 is 77.3 Å². The topological polar surface area (TPSA) is 0 Å². The Labute approximate surface area is 144 Å². The summed E-state index contributed by atoms with van der Waals surface area (Å²) in [5, 5.41) is 0. The molecular weight excluding hydrogens is 225 g/mol. The van der Waals surface area contributed by atoms with Crippen molar-refractivity contribution in [2.45, 2.75) is 0 Å². The van der Waals surface area contributed by atoms with E-state index in [1.165, 1.54) is 0 Å². The number of rotatable bonds is 0. The van der Waals surface area contributed by atoms with Crippen LogP contribution < -0.4 is 71.5 Å². The van der Waals surface area contributed by atoms with Crippen LogP contribution in [0.1, 0.15) is 0 Å². The Morgan fingerprint density at radius 2 is 0.800 bits per heavy atom. The summed E-state index contributed by atoms with van der Waals surface area (Å²) < 4.78 is 0. The Hall–Kier alpha value is 4.41. The summed E-state index contributed by atoms with van der Waals surface area (Å²) in [6.45, 7) is 0. The minimum absolute atomic E-state index is 0. The molecule has 0 aromatic carbocycles. The first-order chi connectivity index (χ1) is 0. The standard InChI is InChI=1S/BH4.ClH.Cs.2Na.H/h1H4;1H;;;;/q-1;;;2*+1;/p-1. The van der Waals surface area contributed by atoms with Gasteiger partial charge >= 0.3 is 128 Å². The fourth-order valence-corrected chi connectivity index (χ4v) is 0. The monoisotopic (exact) mass is 230 g/mol. The van der Waals surface area contributed by atoms with Crippen LogP contribution >= 0.6 is 0 Å². The maximum Gasteiger partial charge on any atom is 1.00 e. The van der Waals surface area contributed by atoms with Gasteiger partial charge in [-0.25, -0.2) is 0 Å². The first-order valence-corrected chi connectivity index (χ1v) is 0. The average Bonchev–Trinajstić information content (AvgIpc) is 0. The van der Waals surface area contributed by atoms with Gasteiger partial charge in [-0.05, 0) is 0 Å². The molecular formula is H5BClCsNa2. The van der Waals surface area contributed by atoms with E-state index in [0.717, 1.165) is 0 Å². The maximum absolute atomic E-state index is 0. The molecule has 0 saturated carbocycles. The Morgan fingerprint density at radius 1 is 0.800 bits per heavy atom. The molecule has 5 heteroatoms. The molecule has 0 radical (unpaired) electrons. The predicted octanol–water partition coefficient (Wildman–Crippen LogP) is -11.1. The van der Waals surface area contributed by atoms with E-state index >= 15 is 0 Å². The maximum atomic E-state index is 0. The molecule has 0 nitrogen and oxygen atoms in total. The second-order valence-electron chi connectivity index (χ2n) is 0. The molecule has 0 bridgehead atoms. The molecule has 0 aliphatic carbocycles. The van der Waals surface area contributed by atoms with E-state index in [9.17, 15) is 0 Å². The van der Waals surface area contributed by atoms with Crippen molar-refractivity contribution in [2.75, 3.05) is 0 Å². The summed E-state index contributed by atoms with van der Waals surface area (Å²) in [5.41, 5.74) is 0. The van der Waals surface area contributed by atoms with Crippen LogP contribution in [0.4, 0.5) is 0 Å². The summed E-state index contributed by atoms with van der Waals surface area (Å²) in [6.07, 6.45) is 0. The third-order valence-electron chi connectivity index (χ3n) is 0. The molecule has 0 fully saturated rings. The molecule has 0 heterocycles. The smallest absolute Gasteiger partial charge is 1.00 e. The SMILES string of the molecule is [BH4-].[Cl-].[CsH].[Na+].[Na+]. The molecule has 0 spiro atoms. The second-order valence-corrected chi connectivity index (χ2v) is 0. The Morgan fingerprint density at radius 3 is 0.800 bits per heavy atom. The molecule has 0 rings (SSSR count). The molecule has 0 amide bonds. The molecule has 0 aliphatic rings. The van der Waals surface area contributed by atoms with Gasteiger partial charge in [0.1, 0.15) is 0 Å². The number of hydrogen-bond acceptors (Lipinski definition) is 0. The molecule has 0 N–H and O–H groups in total. The number of hydrogen-bond donors (Lipinski definition) is 0. The van der Waals surface area contributed by atoms with Gasteiger partial charge in [0.25, 0.3) is 0 Å². The number of halogens is 1. The van der Waals surface area contributed by atoms with Crippen LogP contribution in [0.15, 0.2) is 0 Å². The largest absolute Gasteiger partial charge is 1.00 e. The summed E-state index contributed by atoms with van der Waals surface area (Å²) in [7, 11) is 0. The Balaban J connectivity index is 0. The van der Waals surface area contributed by atoms with Crippen molar-refractivity contribution in [3.8, 4) is 0 Å². The van der Waals surface area contributed by atoms with Crippen LogP contribution in [0.3, 0.4) is 0 Å². The van der Waals surface area contributed by atoms with Crippen LogP contribution in [0.5, 0.6) is 0 Å². The molecule has 5 heavy (non-hydrogen) atoms. The van der Waals surface area contributed by atoms with Gasteiger partial charge in [0, 0.05) is 0 Å². The zero-order valence-corrected chi connectivity index (χ0v) is 7.13. The second kappa shape index (κ2) is 23.7. The van der Waals surface area contributed by atoms with Gasteiger partial charge in [-0.2, -0.15) is 0 Å². The van der Waals surface area contributed by atoms with Gasteiger partial charge in [-0.15, -0.1) is 0 Å². The van der Waals surface area contributed by atoms with Crippen molar-refractivity contribution in [3.63, 3.8) is 0 Å². The quantitative estimate of drug-likeness (QED) is 0.363.